The van der Waals surface area contributed by atoms with Crippen LogP contribution in [-0.4, -0.2) is 65.4 Å². The number of thioether (sulfide) groups is 1. The zero-order valence-electron chi connectivity index (χ0n) is 21.2. The van der Waals surface area contributed by atoms with Crippen LogP contribution in [0.1, 0.15) is 22.9 Å². The number of benzene rings is 1. The van der Waals surface area contributed by atoms with Gasteiger partial charge in [-0.1, -0.05) is 11.8 Å². The summed E-state index contributed by atoms with van der Waals surface area (Å²) < 4.78 is 14.6. The van der Waals surface area contributed by atoms with Crippen LogP contribution in [0, 0.1) is 20.8 Å². The summed E-state index contributed by atoms with van der Waals surface area (Å²) in [5.74, 6) is 2.16. The van der Waals surface area contributed by atoms with Gasteiger partial charge in [-0.25, -0.2) is 9.97 Å². The SMILES string of the molecule is COc1cc2nc(SCC(=O)Nc3cc(C)[nH]n3)n3nc(CCn4nc(C)cc4C)nc3c2cc1OC. The van der Waals surface area contributed by atoms with Crippen LogP contribution in [0.3, 0.4) is 0 Å². The molecule has 37 heavy (non-hydrogen) atoms. The Kier molecular flexibility index (Phi) is 6.70. The van der Waals surface area contributed by atoms with Crippen LogP contribution in [-0.2, 0) is 17.8 Å². The lowest BCUT2D eigenvalue weighted by Crippen LogP contribution is -2.15. The number of hydrogen-bond acceptors (Lipinski definition) is 9. The zero-order valence-corrected chi connectivity index (χ0v) is 22.0. The van der Waals surface area contributed by atoms with Crippen molar-refractivity contribution in [3.05, 3.63) is 47.2 Å². The fourth-order valence-electron chi connectivity index (χ4n) is 4.05. The van der Waals surface area contributed by atoms with Gasteiger partial charge < -0.3 is 14.8 Å². The number of fused-ring (bicyclic) bond motifs is 3. The maximum Gasteiger partial charge on any atom is 0.236 e. The maximum absolute atomic E-state index is 12.6. The lowest BCUT2D eigenvalue weighted by atomic mass is 10.2. The van der Waals surface area contributed by atoms with Gasteiger partial charge in [-0.3, -0.25) is 14.6 Å². The average Bonchev–Trinajstić information content (AvgIpc) is 3.58. The Morgan fingerprint density at radius 1 is 1.05 bits per heavy atom. The lowest BCUT2D eigenvalue weighted by Gasteiger charge is -2.11. The van der Waals surface area contributed by atoms with E-state index in [1.807, 2.05) is 37.6 Å². The van der Waals surface area contributed by atoms with Crippen LogP contribution < -0.4 is 14.8 Å². The number of nitrogens with one attached hydrogen (secondary N) is 2. The predicted molar refractivity (Wildman–Crippen MR) is 139 cm³/mol. The van der Waals surface area contributed by atoms with E-state index < -0.39 is 0 Å². The Bertz CT molecular complexity index is 1600. The van der Waals surface area contributed by atoms with Crippen LogP contribution in [0.4, 0.5) is 5.82 Å². The first-order chi connectivity index (χ1) is 17.8. The van der Waals surface area contributed by atoms with E-state index in [-0.39, 0.29) is 11.7 Å². The molecule has 0 radical (unpaired) electrons. The number of carbonyl (C=O) groups is 1. The largest absolute Gasteiger partial charge is 0.493 e. The molecule has 4 heterocycles. The normalized spacial score (nSPS) is 11.4. The molecule has 0 aliphatic rings. The Hall–Kier alpha value is -4.13. The third kappa shape index (κ3) is 5.07. The number of H-pyrrole nitrogens is 1. The summed E-state index contributed by atoms with van der Waals surface area (Å²) in [5, 5.41) is 20.2. The maximum atomic E-state index is 12.6. The fourth-order valence-corrected chi connectivity index (χ4v) is 4.80. The number of nitrogens with zero attached hydrogens (tertiary/aromatic N) is 7. The van der Waals surface area contributed by atoms with Crippen molar-refractivity contribution >= 4 is 40.0 Å². The monoisotopic (exact) mass is 521 g/mol. The minimum Gasteiger partial charge on any atom is -0.493 e. The van der Waals surface area contributed by atoms with Crippen LogP contribution >= 0.6 is 11.8 Å². The molecule has 12 nitrogen and oxygen atoms in total. The molecule has 0 saturated carbocycles. The number of carbonyl (C=O) groups excluding carboxylic acids is 1. The third-order valence-electron chi connectivity index (χ3n) is 5.75. The number of aromatic amines is 1. The van der Waals surface area contributed by atoms with Crippen molar-refractivity contribution in [1.29, 1.82) is 0 Å². The molecule has 0 aliphatic carbocycles. The molecule has 5 aromatic rings. The van der Waals surface area contributed by atoms with Crippen molar-refractivity contribution in [3.63, 3.8) is 0 Å². The molecule has 0 spiro atoms. The van der Waals surface area contributed by atoms with Crippen molar-refractivity contribution in [2.24, 2.45) is 0 Å². The summed E-state index contributed by atoms with van der Waals surface area (Å²) in [6.45, 7) is 6.51. The number of amides is 1. The van der Waals surface area contributed by atoms with Gasteiger partial charge in [-0.15, -0.1) is 5.10 Å². The molecule has 2 N–H and O–H groups in total. The molecule has 0 atom stereocenters. The van der Waals surface area contributed by atoms with Gasteiger partial charge in [0.1, 0.15) is 0 Å². The fraction of sp³-hybridized carbons (Fsp3) is 0.333. The van der Waals surface area contributed by atoms with E-state index in [0.29, 0.717) is 52.4 Å². The highest BCUT2D eigenvalue weighted by Crippen LogP contribution is 2.34. The molecule has 0 saturated heterocycles. The van der Waals surface area contributed by atoms with Crippen LogP contribution in [0.5, 0.6) is 11.5 Å². The molecule has 192 valence electrons. The van der Waals surface area contributed by atoms with E-state index in [1.165, 1.54) is 11.8 Å². The standard InChI is InChI=1S/C24H27N9O3S/c1-13-9-21(29-28-13)26-22(34)12-37-24-25-17-11-19(36-5)18(35-4)10-16(17)23-27-20(31-33(23)24)6-7-32-15(3)8-14(2)30-32/h8-11H,6-7,12H2,1-5H3,(H2,26,28,29,34). The van der Waals surface area contributed by atoms with Gasteiger partial charge in [-0.2, -0.15) is 14.7 Å². The number of hydrogen-bond donors (Lipinski definition) is 2. The van der Waals surface area contributed by atoms with Gasteiger partial charge >= 0.3 is 0 Å². The number of rotatable bonds is 9. The topological polar surface area (TPSA) is 137 Å². The minimum absolute atomic E-state index is 0.119. The molecule has 0 unspecified atom stereocenters. The lowest BCUT2D eigenvalue weighted by molar-refractivity contribution is -0.113. The van der Waals surface area contributed by atoms with Gasteiger partial charge in [0.05, 0.1) is 31.2 Å². The Balaban J connectivity index is 1.49. The number of aryl methyl sites for hydroxylation is 5. The first-order valence-electron chi connectivity index (χ1n) is 11.6. The van der Waals surface area contributed by atoms with Gasteiger partial charge in [0.25, 0.3) is 0 Å². The summed E-state index contributed by atoms with van der Waals surface area (Å²) in [7, 11) is 3.16. The molecule has 0 fully saturated rings. The molecule has 1 aromatic carbocycles. The van der Waals surface area contributed by atoms with Gasteiger partial charge in [0, 0.05) is 41.9 Å². The first-order valence-corrected chi connectivity index (χ1v) is 12.6. The highest BCUT2D eigenvalue weighted by Gasteiger charge is 2.18. The third-order valence-corrected chi connectivity index (χ3v) is 6.68. The van der Waals surface area contributed by atoms with Crippen LogP contribution in [0.25, 0.3) is 16.6 Å². The van der Waals surface area contributed by atoms with Crippen molar-refractivity contribution in [3.8, 4) is 11.5 Å². The average molecular weight is 522 g/mol. The first kappa shape index (κ1) is 24.6. The molecule has 5 rings (SSSR count). The van der Waals surface area contributed by atoms with Gasteiger partial charge in [-0.05, 0) is 32.9 Å². The minimum atomic E-state index is -0.205. The smallest absolute Gasteiger partial charge is 0.236 e. The van der Waals surface area contributed by atoms with E-state index in [9.17, 15) is 4.79 Å². The second kappa shape index (κ2) is 10.1. The predicted octanol–water partition coefficient (Wildman–Crippen LogP) is 3.11. The molecular formula is C24H27N9O3S. The summed E-state index contributed by atoms with van der Waals surface area (Å²) in [4.78, 5) is 22.2. The van der Waals surface area contributed by atoms with Crippen LogP contribution in [0.2, 0.25) is 0 Å². The van der Waals surface area contributed by atoms with E-state index in [4.69, 9.17) is 24.5 Å². The Morgan fingerprint density at radius 3 is 2.51 bits per heavy atom. The van der Waals surface area contributed by atoms with E-state index >= 15 is 0 Å². The zero-order chi connectivity index (χ0) is 26.1. The van der Waals surface area contributed by atoms with Gasteiger partial charge in [0.2, 0.25) is 5.91 Å². The molecular weight excluding hydrogens is 494 g/mol. The summed E-state index contributed by atoms with van der Waals surface area (Å²) >= 11 is 1.27. The summed E-state index contributed by atoms with van der Waals surface area (Å²) in [6.07, 6.45) is 0.585. The second-order valence-corrected chi connectivity index (χ2v) is 9.50. The van der Waals surface area contributed by atoms with Crippen molar-refractivity contribution in [1.82, 2.24) is 39.6 Å². The number of aromatic nitrogens is 8. The van der Waals surface area contributed by atoms with E-state index in [1.54, 1.807) is 30.9 Å². The number of anilines is 1. The Labute approximate surface area is 216 Å². The highest BCUT2D eigenvalue weighted by atomic mass is 32.2. The summed E-state index contributed by atoms with van der Waals surface area (Å²) in [6, 6.07) is 7.45. The highest BCUT2D eigenvalue weighted by molar-refractivity contribution is 7.99. The van der Waals surface area contributed by atoms with E-state index in [0.717, 1.165) is 22.5 Å². The summed E-state index contributed by atoms with van der Waals surface area (Å²) in [5.41, 5.74) is 4.20. The van der Waals surface area contributed by atoms with Crippen LogP contribution in [0.15, 0.2) is 29.4 Å². The van der Waals surface area contributed by atoms with Crippen molar-refractivity contribution in [2.75, 3.05) is 25.3 Å². The Morgan fingerprint density at radius 2 is 1.84 bits per heavy atom. The number of ether oxygens (including phenoxy) is 2. The number of methoxy groups -OCH3 is 2. The van der Waals surface area contributed by atoms with E-state index in [2.05, 4.69) is 20.6 Å². The van der Waals surface area contributed by atoms with Crippen molar-refractivity contribution < 1.29 is 14.3 Å². The second-order valence-electron chi connectivity index (χ2n) is 8.56. The molecule has 13 heteroatoms. The molecule has 0 aliphatic heterocycles. The quantitative estimate of drug-likeness (QED) is 0.221. The van der Waals surface area contributed by atoms with Crippen molar-refractivity contribution in [2.45, 2.75) is 38.9 Å². The molecule has 1 amide bonds. The molecule has 0 bridgehead atoms. The van der Waals surface area contributed by atoms with Gasteiger partial charge in [0.15, 0.2) is 33.9 Å². The molecule has 4 aromatic heterocycles.